The van der Waals surface area contributed by atoms with Crippen LogP contribution >= 0.6 is 11.6 Å². The molecule has 12 heavy (non-hydrogen) atoms. The first-order chi connectivity index (χ1) is 5.63. The van der Waals surface area contributed by atoms with Crippen molar-refractivity contribution in [3.63, 3.8) is 0 Å². The lowest BCUT2D eigenvalue weighted by Crippen LogP contribution is -2.22. The van der Waals surface area contributed by atoms with E-state index in [0.29, 0.717) is 5.56 Å². The van der Waals surface area contributed by atoms with Crippen LogP contribution in [0.25, 0.3) is 0 Å². The number of carbonyl (C=O) groups excluding carboxylic acids is 1. The highest BCUT2D eigenvalue weighted by molar-refractivity contribution is 6.32. The zero-order valence-electron chi connectivity index (χ0n) is 6.78. The summed E-state index contributed by atoms with van der Waals surface area (Å²) in [6.45, 7) is 0. The number of hydrogen-bond acceptors (Lipinski definition) is 3. The zero-order valence-corrected chi connectivity index (χ0v) is 7.54. The first-order valence-corrected chi connectivity index (χ1v) is 3.68. The summed E-state index contributed by atoms with van der Waals surface area (Å²) in [5.74, 6) is -0.194. The average Bonchev–Trinajstić information content (AvgIpc) is 2.04. The minimum absolute atomic E-state index is 0.184. The molecule has 1 aromatic rings. The normalized spacial score (nSPS) is 9.58. The summed E-state index contributed by atoms with van der Waals surface area (Å²) in [5, 5.41) is 0.184. The third kappa shape index (κ3) is 1.71. The molecule has 1 heterocycles. The Morgan fingerprint density at radius 3 is 2.75 bits per heavy atom. The minimum atomic E-state index is -0.194. The smallest absolute Gasteiger partial charge is 0.258 e. The molecule has 0 unspecified atom stereocenters. The second-order valence-electron chi connectivity index (χ2n) is 2.43. The van der Waals surface area contributed by atoms with Gasteiger partial charge in [0, 0.05) is 20.3 Å². The van der Waals surface area contributed by atoms with Crippen LogP contribution in [0.1, 0.15) is 10.4 Å². The van der Waals surface area contributed by atoms with Gasteiger partial charge in [-0.15, -0.1) is 0 Å². The van der Waals surface area contributed by atoms with Gasteiger partial charge >= 0.3 is 0 Å². The molecule has 0 fully saturated rings. The average molecular weight is 186 g/mol. The SMILES string of the molecule is CN(C)C(=O)c1cncnc1Cl. The van der Waals surface area contributed by atoms with Gasteiger partial charge in [0.2, 0.25) is 0 Å². The lowest BCUT2D eigenvalue weighted by atomic mass is 10.3. The summed E-state index contributed by atoms with van der Waals surface area (Å²) in [4.78, 5) is 20.1. The second kappa shape index (κ2) is 3.49. The van der Waals surface area contributed by atoms with E-state index < -0.39 is 0 Å². The van der Waals surface area contributed by atoms with E-state index in [0.717, 1.165) is 0 Å². The van der Waals surface area contributed by atoms with Crippen LogP contribution in [0.15, 0.2) is 12.5 Å². The Morgan fingerprint density at radius 2 is 2.25 bits per heavy atom. The van der Waals surface area contributed by atoms with Crippen molar-refractivity contribution < 1.29 is 4.79 Å². The van der Waals surface area contributed by atoms with Crippen molar-refractivity contribution in [1.82, 2.24) is 14.9 Å². The van der Waals surface area contributed by atoms with Crippen LogP contribution in [-0.4, -0.2) is 34.9 Å². The van der Waals surface area contributed by atoms with Gasteiger partial charge in [-0.3, -0.25) is 4.79 Å². The standard InChI is InChI=1S/C7H8ClN3O/c1-11(2)7(12)5-3-9-4-10-6(5)8/h3-4H,1-2H3. The Bertz CT molecular complexity index is 300. The van der Waals surface area contributed by atoms with Gasteiger partial charge in [-0.2, -0.15) is 0 Å². The van der Waals surface area contributed by atoms with Gasteiger partial charge in [-0.25, -0.2) is 9.97 Å². The van der Waals surface area contributed by atoms with Crippen LogP contribution in [0.3, 0.4) is 0 Å². The summed E-state index contributed by atoms with van der Waals surface area (Å²) >= 11 is 5.66. The second-order valence-corrected chi connectivity index (χ2v) is 2.78. The number of amides is 1. The highest BCUT2D eigenvalue weighted by Gasteiger charge is 2.12. The van der Waals surface area contributed by atoms with E-state index in [4.69, 9.17) is 11.6 Å². The fraction of sp³-hybridized carbons (Fsp3) is 0.286. The molecule has 0 atom stereocenters. The van der Waals surface area contributed by atoms with Crippen molar-refractivity contribution in [3.05, 3.63) is 23.2 Å². The Kier molecular flexibility index (Phi) is 2.60. The van der Waals surface area contributed by atoms with Gasteiger partial charge in [-0.1, -0.05) is 11.6 Å². The summed E-state index contributed by atoms with van der Waals surface area (Å²) in [6, 6.07) is 0. The van der Waals surface area contributed by atoms with E-state index in [1.165, 1.54) is 17.4 Å². The maximum absolute atomic E-state index is 11.3. The molecule has 1 amide bonds. The van der Waals surface area contributed by atoms with Crippen LogP contribution in [0.2, 0.25) is 5.15 Å². The van der Waals surface area contributed by atoms with E-state index in [1.54, 1.807) is 14.1 Å². The summed E-state index contributed by atoms with van der Waals surface area (Å²) < 4.78 is 0. The van der Waals surface area contributed by atoms with Gasteiger partial charge in [-0.05, 0) is 0 Å². The Hall–Kier alpha value is -1.16. The summed E-state index contributed by atoms with van der Waals surface area (Å²) in [5.41, 5.74) is 0.323. The van der Waals surface area contributed by atoms with Gasteiger partial charge in [0.25, 0.3) is 5.91 Å². The Labute approximate surface area is 75.2 Å². The molecule has 1 aromatic heterocycles. The molecule has 0 aromatic carbocycles. The molecule has 0 spiro atoms. The minimum Gasteiger partial charge on any atom is -0.345 e. The van der Waals surface area contributed by atoms with E-state index in [2.05, 4.69) is 9.97 Å². The molecule has 0 radical (unpaired) electrons. The van der Waals surface area contributed by atoms with Crippen LogP contribution in [-0.2, 0) is 0 Å². The molecular formula is C7H8ClN3O. The quantitative estimate of drug-likeness (QED) is 0.609. The highest BCUT2D eigenvalue weighted by atomic mass is 35.5. The van der Waals surface area contributed by atoms with E-state index >= 15 is 0 Å². The molecule has 0 aliphatic rings. The largest absolute Gasteiger partial charge is 0.345 e. The first-order valence-electron chi connectivity index (χ1n) is 3.30. The van der Waals surface area contributed by atoms with Gasteiger partial charge in [0.1, 0.15) is 11.5 Å². The van der Waals surface area contributed by atoms with Crippen molar-refractivity contribution in [1.29, 1.82) is 0 Å². The molecule has 0 N–H and O–H groups in total. The van der Waals surface area contributed by atoms with Crippen molar-refractivity contribution in [2.45, 2.75) is 0 Å². The monoisotopic (exact) mass is 185 g/mol. The molecule has 5 heteroatoms. The number of carbonyl (C=O) groups is 1. The summed E-state index contributed by atoms with van der Waals surface area (Å²) in [7, 11) is 3.29. The molecule has 0 aliphatic carbocycles. The predicted octanol–water partition coefficient (Wildman–Crippen LogP) is 0.832. The molecule has 0 saturated carbocycles. The number of aromatic nitrogens is 2. The highest BCUT2D eigenvalue weighted by Crippen LogP contribution is 2.11. The molecule has 0 saturated heterocycles. The van der Waals surface area contributed by atoms with Gasteiger partial charge < -0.3 is 4.90 Å². The fourth-order valence-corrected chi connectivity index (χ4v) is 0.872. The summed E-state index contributed by atoms with van der Waals surface area (Å²) in [6.07, 6.45) is 2.70. The molecule has 0 aliphatic heterocycles. The topological polar surface area (TPSA) is 46.1 Å². The molecule has 1 rings (SSSR count). The predicted molar refractivity (Wildman–Crippen MR) is 45.1 cm³/mol. The maximum Gasteiger partial charge on any atom is 0.258 e. The number of hydrogen-bond donors (Lipinski definition) is 0. The van der Waals surface area contributed by atoms with Gasteiger partial charge in [0.15, 0.2) is 0 Å². The van der Waals surface area contributed by atoms with Crippen molar-refractivity contribution in [3.8, 4) is 0 Å². The Morgan fingerprint density at radius 1 is 1.58 bits per heavy atom. The lowest BCUT2D eigenvalue weighted by molar-refractivity contribution is 0.0827. The number of halogens is 1. The lowest BCUT2D eigenvalue weighted by Gasteiger charge is -2.09. The van der Waals surface area contributed by atoms with Crippen molar-refractivity contribution in [2.75, 3.05) is 14.1 Å². The van der Waals surface area contributed by atoms with Crippen LogP contribution in [0.5, 0.6) is 0 Å². The zero-order chi connectivity index (χ0) is 9.14. The first kappa shape index (κ1) is 8.93. The van der Waals surface area contributed by atoms with Crippen LogP contribution in [0.4, 0.5) is 0 Å². The molecular weight excluding hydrogens is 178 g/mol. The van der Waals surface area contributed by atoms with E-state index in [1.807, 2.05) is 0 Å². The van der Waals surface area contributed by atoms with Crippen molar-refractivity contribution in [2.24, 2.45) is 0 Å². The van der Waals surface area contributed by atoms with Crippen LogP contribution < -0.4 is 0 Å². The Balaban J connectivity index is 3.03. The third-order valence-corrected chi connectivity index (χ3v) is 1.60. The van der Waals surface area contributed by atoms with Crippen molar-refractivity contribution >= 4 is 17.5 Å². The third-order valence-electron chi connectivity index (χ3n) is 1.30. The number of nitrogens with zero attached hydrogens (tertiary/aromatic N) is 3. The fourth-order valence-electron chi connectivity index (χ4n) is 0.699. The maximum atomic E-state index is 11.3. The molecule has 64 valence electrons. The van der Waals surface area contributed by atoms with E-state index in [9.17, 15) is 4.79 Å². The molecule has 4 nitrogen and oxygen atoms in total. The van der Waals surface area contributed by atoms with Gasteiger partial charge in [0.05, 0.1) is 5.56 Å². The number of rotatable bonds is 1. The van der Waals surface area contributed by atoms with Crippen LogP contribution in [0, 0.1) is 0 Å². The molecule has 0 bridgehead atoms. The van der Waals surface area contributed by atoms with E-state index in [-0.39, 0.29) is 11.1 Å².